The molecule has 1 atom stereocenters. The average Bonchev–Trinajstić information content (AvgIpc) is 3.28. The number of amides is 1. The van der Waals surface area contributed by atoms with Crippen LogP contribution in [0, 0.1) is 11.3 Å². The van der Waals surface area contributed by atoms with Crippen molar-refractivity contribution in [1.29, 1.82) is 0 Å². The molecule has 1 amide bonds. The molecular formula is C18H26N4O3. The number of aryl methyl sites for hydroxylation is 1. The van der Waals surface area contributed by atoms with Crippen LogP contribution < -0.4 is 0 Å². The first-order valence-electron chi connectivity index (χ1n) is 9.19. The molecule has 3 fully saturated rings. The fourth-order valence-corrected chi connectivity index (χ4v) is 4.44. The number of carboxylic acids is 1. The Hall–Kier alpha value is -1.89. The lowest BCUT2D eigenvalue weighted by atomic mass is 9.76. The minimum absolute atomic E-state index is 0.0224. The number of carbonyl (C=O) groups excluding carboxylic acids is 1. The number of nitrogens with zero attached hydrogens (tertiary/aromatic N) is 4. The lowest BCUT2D eigenvalue weighted by molar-refractivity contribution is -0.142. The van der Waals surface area contributed by atoms with E-state index in [0.717, 1.165) is 51.1 Å². The lowest BCUT2D eigenvalue weighted by Crippen LogP contribution is -2.44. The molecule has 2 saturated heterocycles. The van der Waals surface area contributed by atoms with E-state index in [9.17, 15) is 14.7 Å². The van der Waals surface area contributed by atoms with Gasteiger partial charge in [-0.05, 0) is 37.5 Å². The summed E-state index contributed by atoms with van der Waals surface area (Å²) in [4.78, 5) is 32.5. The van der Waals surface area contributed by atoms with E-state index in [0.29, 0.717) is 18.9 Å². The number of aliphatic carboxylic acids is 1. The van der Waals surface area contributed by atoms with Crippen LogP contribution in [0.3, 0.4) is 0 Å². The van der Waals surface area contributed by atoms with Crippen LogP contribution in [0.4, 0.5) is 0 Å². The molecule has 1 aromatic rings. The van der Waals surface area contributed by atoms with E-state index in [-0.39, 0.29) is 11.3 Å². The van der Waals surface area contributed by atoms with Crippen molar-refractivity contribution in [2.75, 3.05) is 19.6 Å². The van der Waals surface area contributed by atoms with Gasteiger partial charge in [0.2, 0.25) is 5.91 Å². The van der Waals surface area contributed by atoms with E-state index < -0.39 is 12.0 Å². The molecule has 0 bridgehead atoms. The van der Waals surface area contributed by atoms with Crippen LogP contribution in [0.15, 0.2) is 12.4 Å². The summed E-state index contributed by atoms with van der Waals surface area (Å²) in [6.07, 6.45) is 8.21. The van der Waals surface area contributed by atoms with Crippen molar-refractivity contribution >= 4 is 11.9 Å². The smallest absolute Gasteiger partial charge is 0.320 e. The summed E-state index contributed by atoms with van der Waals surface area (Å²) in [7, 11) is 1.94. The van der Waals surface area contributed by atoms with Gasteiger partial charge in [0.25, 0.3) is 0 Å². The van der Waals surface area contributed by atoms with Crippen LogP contribution in [0.5, 0.6) is 0 Å². The summed E-state index contributed by atoms with van der Waals surface area (Å²) in [5.74, 6) is 0.726. The second-order valence-corrected chi connectivity index (χ2v) is 8.02. The summed E-state index contributed by atoms with van der Waals surface area (Å²) in [5.41, 5.74) is 0.0224. The topological polar surface area (TPSA) is 78.7 Å². The summed E-state index contributed by atoms with van der Waals surface area (Å²) >= 11 is 0. The first kappa shape index (κ1) is 16.6. The number of piperidine rings is 1. The quantitative estimate of drug-likeness (QED) is 0.883. The van der Waals surface area contributed by atoms with Gasteiger partial charge in [-0.1, -0.05) is 0 Å². The van der Waals surface area contributed by atoms with Crippen molar-refractivity contribution < 1.29 is 14.7 Å². The zero-order chi connectivity index (χ0) is 17.6. The SMILES string of the molecule is Cn1ccnc1CN1CC2(CCN(C(=O)C3CC3)CC2)CC1C(=O)O. The minimum Gasteiger partial charge on any atom is -0.480 e. The van der Waals surface area contributed by atoms with Crippen LogP contribution in [0.25, 0.3) is 0 Å². The van der Waals surface area contributed by atoms with Gasteiger partial charge in [0.05, 0.1) is 6.54 Å². The van der Waals surface area contributed by atoms with Gasteiger partial charge >= 0.3 is 5.97 Å². The van der Waals surface area contributed by atoms with E-state index >= 15 is 0 Å². The molecule has 1 aliphatic carbocycles. The Morgan fingerprint density at radius 2 is 2.04 bits per heavy atom. The predicted molar refractivity (Wildman–Crippen MR) is 90.6 cm³/mol. The molecule has 2 aliphatic heterocycles. The predicted octanol–water partition coefficient (Wildman–Crippen LogP) is 1.10. The van der Waals surface area contributed by atoms with Gasteiger partial charge < -0.3 is 14.6 Å². The van der Waals surface area contributed by atoms with E-state index in [1.54, 1.807) is 6.20 Å². The van der Waals surface area contributed by atoms with Gasteiger partial charge in [-0.25, -0.2) is 4.98 Å². The highest BCUT2D eigenvalue weighted by atomic mass is 16.4. The normalized spacial score (nSPS) is 26.3. The molecule has 1 unspecified atom stereocenters. The summed E-state index contributed by atoms with van der Waals surface area (Å²) in [6.45, 7) is 2.89. The Labute approximate surface area is 147 Å². The maximum absolute atomic E-state index is 12.3. The van der Waals surface area contributed by atoms with Gasteiger partial charge in [-0.3, -0.25) is 14.5 Å². The Morgan fingerprint density at radius 3 is 2.60 bits per heavy atom. The molecule has 0 aromatic carbocycles. The highest BCUT2D eigenvalue weighted by molar-refractivity contribution is 5.81. The number of carboxylic acid groups (broad SMARTS) is 1. The summed E-state index contributed by atoms with van der Waals surface area (Å²) in [6, 6.07) is -0.456. The van der Waals surface area contributed by atoms with Crippen molar-refractivity contribution in [2.24, 2.45) is 18.4 Å². The fraction of sp³-hybridized carbons (Fsp3) is 0.722. The van der Waals surface area contributed by atoms with Gasteiger partial charge in [0.1, 0.15) is 11.9 Å². The maximum Gasteiger partial charge on any atom is 0.320 e. The summed E-state index contributed by atoms with van der Waals surface area (Å²) in [5, 5.41) is 9.68. The standard InChI is InChI=1S/C18H26N4O3/c1-20-9-6-19-15(20)11-22-12-18(10-14(22)17(24)25)4-7-21(8-5-18)16(23)13-2-3-13/h6,9,13-14H,2-5,7-8,10-12H2,1H3,(H,24,25). The Kier molecular flexibility index (Phi) is 4.06. The average molecular weight is 346 g/mol. The van der Waals surface area contributed by atoms with E-state index in [1.165, 1.54) is 0 Å². The van der Waals surface area contributed by atoms with Crippen molar-refractivity contribution in [3.05, 3.63) is 18.2 Å². The zero-order valence-corrected chi connectivity index (χ0v) is 14.7. The van der Waals surface area contributed by atoms with Crippen LogP contribution in [-0.2, 0) is 23.2 Å². The van der Waals surface area contributed by atoms with Crippen molar-refractivity contribution in [2.45, 2.75) is 44.7 Å². The molecule has 4 rings (SSSR count). The second-order valence-electron chi connectivity index (χ2n) is 8.02. The number of likely N-dealkylation sites (tertiary alicyclic amines) is 2. The van der Waals surface area contributed by atoms with Crippen molar-refractivity contribution in [3.8, 4) is 0 Å². The van der Waals surface area contributed by atoms with Gasteiger partial charge in [-0.2, -0.15) is 0 Å². The Morgan fingerprint density at radius 1 is 1.32 bits per heavy atom. The molecule has 3 aliphatic rings. The highest BCUT2D eigenvalue weighted by Crippen LogP contribution is 2.44. The number of hydrogen-bond donors (Lipinski definition) is 1. The fourth-order valence-electron chi connectivity index (χ4n) is 4.44. The largest absolute Gasteiger partial charge is 0.480 e. The van der Waals surface area contributed by atoms with Gasteiger partial charge in [0, 0.05) is 45.0 Å². The molecule has 136 valence electrons. The van der Waals surface area contributed by atoms with E-state index in [2.05, 4.69) is 9.88 Å². The molecule has 1 spiro atoms. The molecule has 25 heavy (non-hydrogen) atoms. The maximum atomic E-state index is 12.3. The molecule has 3 heterocycles. The molecular weight excluding hydrogens is 320 g/mol. The van der Waals surface area contributed by atoms with Crippen molar-refractivity contribution in [3.63, 3.8) is 0 Å². The minimum atomic E-state index is -0.748. The number of aromatic nitrogens is 2. The molecule has 1 aromatic heterocycles. The second kappa shape index (κ2) is 6.12. The van der Waals surface area contributed by atoms with E-state index in [1.807, 2.05) is 22.7 Å². The van der Waals surface area contributed by atoms with Crippen LogP contribution in [-0.4, -0.2) is 62.0 Å². The monoisotopic (exact) mass is 346 g/mol. The first-order valence-corrected chi connectivity index (χ1v) is 9.19. The van der Waals surface area contributed by atoms with E-state index in [4.69, 9.17) is 0 Å². The van der Waals surface area contributed by atoms with Gasteiger partial charge in [0.15, 0.2) is 0 Å². The molecule has 7 heteroatoms. The summed E-state index contributed by atoms with van der Waals surface area (Å²) < 4.78 is 1.95. The van der Waals surface area contributed by atoms with Gasteiger partial charge in [-0.15, -0.1) is 0 Å². The Bertz CT molecular complexity index is 674. The number of rotatable bonds is 4. The number of imidazole rings is 1. The van der Waals surface area contributed by atoms with Crippen LogP contribution >= 0.6 is 0 Å². The number of hydrogen-bond acceptors (Lipinski definition) is 4. The third kappa shape index (κ3) is 3.17. The van der Waals surface area contributed by atoms with Crippen LogP contribution in [0.1, 0.15) is 37.9 Å². The third-order valence-electron chi connectivity index (χ3n) is 6.22. The Balaban J connectivity index is 1.44. The van der Waals surface area contributed by atoms with Crippen LogP contribution in [0.2, 0.25) is 0 Å². The highest BCUT2D eigenvalue weighted by Gasteiger charge is 2.49. The zero-order valence-electron chi connectivity index (χ0n) is 14.7. The number of carbonyl (C=O) groups is 2. The molecule has 1 saturated carbocycles. The molecule has 7 nitrogen and oxygen atoms in total. The lowest BCUT2D eigenvalue weighted by Gasteiger charge is -2.39. The molecule has 1 N–H and O–H groups in total. The first-order chi connectivity index (χ1) is 12.0. The molecule has 0 radical (unpaired) electrons. The third-order valence-corrected chi connectivity index (χ3v) is 6.22. The van der Waals surface area contributed by atoms with Crippen molar-refractivity contribution in [1.82, 2.24) is 19.4 Å².